The molecule has 0 heterocycles. The van der Waals surface area contributed by atoms with Gasteiger partial charge in [0, 0.05) is 5.02 Å². The molecule has 0 radical (unpaired) electrons. The lowest BCUT2D eigenvalue weighted by Crippen LogP contribution is -2.12. The summed E-state index contributed by atoms with van der Waals surface area (Å²) in [6.07, 6.45) is 0.192. The van der Waals surface area contributed by atoms with Gasteiger partial charge in [-0.1, -0.05) is 35.9 Å². The van der Waals surface area contributed by atoms with Crippen LogP contribution in [0.5, 0.6) is 11.5 Å². The molecular formula is C16H15ClO3. The molecule has 0 bridgehead atoms. The molecule has 2 rings (SSSR count). The van der Waals surface area contributed by atoms with Gasteiger partial charge in [-0.05, 0) is 36.8 Å². The Morgan fingerprint density at radius 2 is 1.70 bits per heavy atom. The van der Waals surface area contributed by atoms with E-state index in [4.69, 9.17) is 21.1 Å². The number of carbonyl (C=O) groups is 1. The number of benzene rings is 2. The van der Waals surface area contributed by atoms with Crippen LogP contribution in [-0.2, 0) is 11.2 Å². The summed E-state index contributed by atoms with van der Waals surface area (Å²) in [5.41, 5.74) is 0.855. The zero-order chi connectivity index (χ0) is 14.4. The maximum atomic E-state index is 11.9. The highest BCUT2D eigenvalue weighted by atomic mass is 35.5. The van der Waals surface area contributed by atoms with Gasteiger partial charge in [-0.25, -0.2) is 0 Å². The first-order valence-electron chi connectivity index (χ1n) is 6.36. The van der Waals surface area contributed by atoms with Crippen molar-refractivity contribution < 1.29 is 14.3 Å². The molecule has 3 nitrogen and oxygen atoms in total. The van der Waals surface area contributed by atoms with Crippen molar-refractivity contribution in [1.29, 1.82) is 0 Å². The van der Waals surface area contributed by atoms with Crippen LogP contribution in [0.4, 0.5) is 0 Å². The zero-order valence-corrected chi connectivity index (χ0v) is 11.9. The van der Waals surface area contributed by atoms with Crippen molar-refractivity contribution in [2.45, 2.75) is 13.3 Å². The monoisotopic (exact) mass is 290 g/mol. The number of halogens is 1. The Kier molecular flexibility index (Phi) is 5.02. The molecule has 0 atom stereocenters. The number of carbonyl (C=O) groups excluding carboxylic acids is 1. The molecule has 0 fully saturated rings. The number of para-hydroxylation sites is 2. The van der Waals surface area contributed by atoms with Crippen molar-refractivity contribution in [3.8, 4) is 11.5 Å². The maximum Gasteiger partial charge on any atom is 0.315 e. The van der Waals surface area contributed by atoms with Gasteiger partial charge < -0.3 is 9.47 Å². The van der Waals surface area contributed by atoms with Crippen LogP contribution in [0, 0.1) is 0 Å². The van der Waals surface area contributed by atoms with Gasteiger partial charge in [-0.15, -0.1) is 0 Å². The van der Waals surface area contributed by atoms with Crippen LogP contribution < -0.4 is 9.47 Å². The van der Waals surface area contributed by atoms with Gasteiger partial charge in [0.2, 0.25) is 0 Å². The maximum absolute atomic E-state index is 11.9. The third kappa shape index (κ3) is 4.00. The molecule has 20 heavy (non-hydrogen) atoms. The summed E-state index contributed by atoms with van der Waals surface area (Å²) >= 11 is 5.80. The summed E-state index contributed by atoms with van der Waals surface area (Å²) in [6, 6.07) is 14.2. The molecule has 2 aromatic rings. The molecule has 4 heteroatoms. The van der Waals surface area contributed by atoms with E-state index >= 15 is 0 Å². The quantitative estimate of drug-likeness (QED) is 0.619. The molecule has 0 amide bonds. The average molecular weight is 291 g/mol. The lowest BCUT2D eigenvalue weighted by atomic mass is 10.1. The third-order valence-electron chi connectivity index (χ3n) is 2.63. The van der Waals surface area contributed by atoms with E-state index in [2.05, 4.69) is 0 Å². The number of hydrogen-bond donors (Lipinski definition) is 0. The van der Waals surface area contributed by atoms with Gasteiger partial charge in [-0.2, -0.15) is 0 Å². The van der Waals surface area contributed by atoms with Crippen LogP contribution >= 0.6 is 11.6 Å². The molecule has 0 unspecified atom stereocenters. The predicted molar refractivity (Wildman–Crippen MR) is 78.4 cm³/mol. The Balaban J connectivity index is 2.02. The van der Waals surface area contributed by atoms with Gasteiger partial charge in [-0.3, -0.25) is 4.79 Å². The largest absolute Gasteiger partial charge is 0.490 e. The van der Waals surface area contributed by atoms with Crippen molar-refractivity contribution in [1.82, 2.24) is 0 Å². The molecule has 0 aromatic heterocycles. The molecule has 0 N–H and O–H groups in total. The Morgan fingerprint density at radius 3 is 2.35 bits per heavy atom. The molecule has 0 saturated carbocycles. The first-order chi connectivity index (χ1) is 9.69. The van der Waals surface area contributed by atoms with Crippen molar-refractivity contribution in [2.75, 3.05) is 6.61 Å². The van der Waals surface area contributed by atoms with E-state index in [0.717, 1.165) is 5.56 Å². The van der Waals surface area contributed by atoms with Crippen molar-refractivity contribution in [3.63, 3.8) is 0 Å². The second-order valence-corrected chi connectivity index (χ2v) is 4.59. The van der Waals surface area contributed by atoms with Crippen molar-refractivity contribution >= 4 is 17.6 Å². The lowest BCUT2D eigenvalue weighted by Gasteiger charge is -2.10. The van der Waals surface area contributed by atoms with Gasteiger partial charge in [0.05, 0.1) is 13.0 Å². The fourth-order valence-corrected chi connectivity index (χ4v) is 1.86. The Morgan fingerprint density at radius 1 is 1.05 bits per heavy atom. The van der Waals surface area contributed by atoms with Gasteiger partial charge in [0.1, 0.15) is 0 Å². The van der Waals surface area contributed by atoms with E-state index in [0.29, 0.717) is 23.1 Å². The summed E-state index contributed by atoms with van der Waals surface area (Å²) in [4.78, 5) is 11.9. The summed E-state index contributed by atoms with van der Waals surface area (Å²) < 4.78 is 10.7. The van der Waals surface area contributed by atoms with Crippen molar-refractivity contribution in [3.05, 3.63) is 59.1 Å². The van der Waals surface area contributed by atoms with E-state index in [9.17, 15) is 4.79 Å². The van der Waals surface area contributed by atoms with E-state index in [-0.39, 0.29) is 12.4 Å². The predicted octanol–water partition coefficient (Wildman–Crippen LogP) is 3.89. The first-order valence-corrected chi connectivity index (χ1v) is 6.74. The minimum Gasteiger partial charge on any atom is -0.490 e. The second-order valence-electron chi connectivity index (χ2n) is 4.16. The molecule has 0 aliphatic heterocycles. The highest BCUT2D eigenvalue weighted by Gasteiger charge is 2.10. The highest BCUT2D eigenvalue weighted by molar-refractivity contribution is 6.30. The highest BCUT2D eigenvalue weighted by Crippen LogP contribution is 2.26. The van der Waals surface area contributed by atoms with E-state index in [1.807, 2.05) is 13.0 Å². The van der Waals surface area contributed by atoms with Crippen LogP contribution in [0.25, 0.3) is 0 Å². The molecule has 2 aromatic carbocycles. The average Bonchev–Trinajstić information content (AvgIpc) is 2.44. The molecule has 0 spiro atoms. The molecular weight excluding hydrogens is 276 g/mol. The van der Waals surface area contributed by atoms with Gasteiger partial charge in [0.25, 0.3) is 0 Å². The Hall–Kier alpha value is -2.00. The van der Waals surface area contributed by atoms with Crippen molar-refractivity contribution in [2.24, 2.45) is 0 Å². The fourth-order valence-electron chi connectivity index (χ4n) is 1.74. The van der Waals surface area contributed by atoms with Crippen LogP contribution in [0.15, 0.2) is 48.5 Å². The summed E-state index contributed by atoms with van der Waals surface area (Å²) in [5, 5.41) is 0.642. The SMILES string of the molecule is CCOc1ccccc1OC(=O)Cc1ccc(Cl)cc1. The van der Waals surface area contributed by atoms with Crippen LogP contribution in [0.3, 0.4) is 0 Å². The molecule has 0 aliphatic rings. The smallest absolute Gasteiger partial charge is 0.315 e. The normalized spacial score (nSPS) is 10.1. The minimum absolute atomic E-state index is 0.192. The second kappa shape index (κ2) is 6.96. The Labute approximate surface area is 123 Å². The number of esters is 1. The first kappa shape index (κ1) is 14.4. The fraction of sp³-hybridized carbons (Fsp3) is 0.188. The number of hydrogen-bond acceptors (Lipinski definition) is 3. The summed E-state index contributed by atoms with van der Waals surface area (Å²) in [7, 11) is 0. The summed E-state index contributed by atoms with van der Waals surface area (Å²) in [6.45, 7) is 2.40. The summed E-state index contributed by atoms with van der Waals surface area (Å²) in [5.74, 6) is 0.673. The van der Waals surface area contributed by atoms with E-state index < -0.39 is 0 Å². The third-order valence-corrected chi connectivity index (χ3v) is 2.89. The van der Waals surface area contributed by atoms with E-state index in [1.165, 1.54) is 0 Å². The number of rotatable bonds is 5. The van der Waals surface area contributed by atoms with Gasteiger partial charge >= 0.3 is 5.97 Å². The number of ether oxygens (including phenoxy) is 2. The topological polar surface area (TPSA) is 35.5 Å². The van der Waals surface area contributed by atoms with Crippen LogP contribution in [-0.4, -0.2) is 12.6 Å². The molecule has 104 valence electrons. The molecule has 0 saturated heterocycles. The van der Waals surface area contributed by atoms with Crippen LogP contribution in [0.2, 0.25) is 5.02 Å². The van der Waals surface area contributed by atoms with E-state index in [1.54, 1.807) is 42.5 Å². The zero-order valence-electron chi connectivity index (χ0n) is 11.1. The minimum atomic E-state index is -0.334. The van der Waals surface area contributed by atoms with Gasteiger partial charge in [0.15, 0.2) is 11.5 Å². The molecule has 0 aliphatic carbocycles. The Bertz CT molecular complexity index is 579. The van der Waals surface area contributed by atoms with Crippen LogP contribution in [0.1, 0.15) is 12.5 Å². The standard InChI is InChI=1S/C16H15ClO3/c1-2-19-14-5-3-4-6-15(14)20-16(18)11-12-7-9-13(17)10-8-12/h3-10H,2,11H2,1H3. The lowest BCUT2D eigenvalue weighted by molar-refractivity contribution is -0.133.